The number of rotatable bonds is 5. The fraction of sp³-hybridized carbons (Fsp3) is 0.154. The van der Waals surface area contributed by atoms with Crippen LogP contribution in [-0.4, -0.2) is 11.0 Å². The van der Waals surface area contributed by atoms with Gasteiger partial charge in [0.05, 0.1) is 12.9 Å². The third-order valence-corrected chi connectivity index (χ3v) is 3.65. The maximum atomic E-state index is 11.4. The Morgan fingerprint density at radius 3 is 2.68 bits per heavy atom. The fourth-order valence-corrected chi connectivity index (χ4v) is 2.44. The van der Waals surface area contributed by atoms with Crippen LogP contribution in [-0.2, 0) is 12.4 Å². The van der Waals surface area contributed by atoms with E-state index in [9.17, 15) is 4.79 Å². The van der Waals surface area contributed by atoms with Gasteiger partial charge in [-0.3, -0.25) is 10.2 Å². The largest absolute Gasteiger partial charge is 0.459 e. The molecule has 0 saturated heterocycles. The first-order chi connectivity index (χ1) is 9.24. The minimum atomic E-state index is -0.434. The molecule has 0 aliphatic carbocycles. The Balaban J connectivity index is 2.02. The van der Waals surface area contributed by atoms with Crippen LogP contribution in [0.4, 0.5) is 0 Å². The first-order valence-corrected chi connectivity index (χ1v) is 6.63. The summed E-state index contributed by atoms with van der Waals surface area (Å²) in [4.78, 5) is 12.5. The molecule has 0 atom stereocenters. The van der Waals surface area contributed by atoms with E-state index in [2.05, 4.69) is 5.43 Å². The van der Waals surface area contributed by atoms with Crippen LogP contribution in [0.2, 0.25) is 0 Å². The number of nitrogen functional groups attached to an aromatic ring is 1. The van der Waals surface area contributed by atoms with Crippen molar-refractivity contribution in [2.45, 2.75) is 17.3 Å². The molecule has 0 bridgehead atoms. The molecule has 0 aliphatic heterocycles. The van der Waals surface area contributed by atoms with Gasteiger partial charge in [0.25, 0.3) is 0 Å². The van der Waals surface area contributed by atoms with E-state index >= 15 is 0 Å². The summed E-state index contributed by atoms with van der Waals surface area (Å²) < 4.78 is 5.10. The summed E-state index contributed by atoms with van der Waals surface area (Å²) in [5.74, 6) is 5.49. The van der Waals surface area contributed by atoms with E-state index in [0.29, 0.717) is 5.75 Å². The van der Waals surface area contributed by atoms with Gasteiger partial charge in [0, 0.05) is 16.2 Å². The first kappa shape index (κ1) is 13.7. The number of nitrogens with two attached hydrogens (primary N) is 1. The Morgan fingerprint density at radius 2 is 2.05 bits per heavy atom. The van der Waals surface area contributed by atoms with Crippen molar-refractivity contribution in [2.24, 2.45) is 5.84 Å². The van der Waals surface area contributed by atoms with Gasteiger partial charge in [-0.05, 0) is 23.8 Å². The molecule has 2 aromatic rings. The predicted octanol–water partition coefficient (Wildman–Crippen LogP) is 1.67. The number of nitrogens with one attached hydrogen (secondary N) is 1. The van der Waals surface area contributed by atoms with Gasteiger partial charge in [0.1, 0.15) is 0 Å². The van der Waals surface area contributed by atoms with Crippen molar-refractivity contribution in [1.82, 2.24) is 5.43 Å². The zero-order valence-corrected chi connectivity index (χ0v) is 10.9. The van der Waals surface area contributed by atoms with Crippen molar-refractivity contribution in [1.29, 1.82) is 0 Å². The van der Waals surface area contributed by atoms with Crippen LogP contribution in [0.25, 0.3) is 0 Å². The number of hydrogen-bond acceptors (Lipinski definition) is 5. The standard InChI is InChI=1S/C13H14N2O3S/c14-15-13(17)12-10(5-6-18-12)8-19-11-3-1-9(7-16)2-4-11/h1-6,16H,7-8,14H2,(H,15,17). The molecular weight excluding hydrogens is 264 g/mol. The van der Waals surface area contributed by atoms with E-state index in [1.54, 1.807) is 17.8 Å². The number of carbonyl (C=O) groups is 1. The topological polar surface area (TPSA) is 88.5 Å². The summed E-state index contributed by atoms with van der Waals surface area (Å²) in [6.45, 7) is 0.0352. The first-order valence-electron chi connectivity index (χ1n) is 5.64. The summed E-state index contributed by atoms with van der Waals surface area (Å²) in [6.07, 6.45) is 1.47. The quantitative estimate of drug-likeness (QED) is 0.335. The van der Waals surface area contributed by atoms with E-state index in [0.717, 1.165) is 16.0 Å². The molecule has 2 rings (SSSR count). The molecule has 1 heterocycles. The second-order valence-corrected chi connectivity index (χ2v) is 4.89. The van der Waals surface area contributed by atoms with Crippen molar-refractivity contribution in [2.75, 3.05) is 0 Å². The minimum absolute atomic E-state index is 0.0352. The Labute approximate surface area is 114 Å². The number of benzene rings is 1. The maximum Gasteiger partial charge on any atom is 0.301 e. The smallest absolute Gasteiger partial charge is 0.301 e. The van der Waals surface area contributed by atoms with Gasteiger partial charge in [-0.15, -0.1) is 11.8 Å². The van der Waals surface area contributed by atoms with Gasteiger partial charge in [-0.1, -0.05) is 12.1 Å². The molecule has 0 saturated carbocycles. The van der Waals surface area contributed by atoms with E-state index < -0.39 is 5.91 Å². The molecule has 4 N–H and O–H groups in total. The molecule has 0 spiro atoms. The number of hydrogen-bond donors (Lipinski definition) is 3. The Hall–Kier alpha value is -1.76. The third kappa shape index (κ3) is 3.37. The lowest BCUT2D eigenvalue weighted by Crippen LogP contribution is -2.30. The Bertz CT molecular complexity index is 551. The van der Waals surface area contributed by atoms with Crippen LogP contribution in [0, 0.1) is 0 Å². The molecule has 1 aromatic carbocycles. The molecule has 6 heteroatoms. The highest BCUT2D eigenvalue weighted by atomic mass is 32.2. The highest BCUT2D eigenvalue weighted by molar-refractivity contribution is 7.98. The number of furan rings is 1. The van der Waals surface area contributed by atoms with Crippen molar-refractivity contribution in [3.05, 3.63) is 53.5 Å². The normalized spacial score (nSPS) is 10.4. The van der Waals surface area contributed by atoms with Crippen LogP contribution in [0.5, 0.6) is 0 Å². The monoisotopic (exact) mass is 278 g/mol. The molecule has 19 heavy (non-hydrogen) atoms. The summed E-state index contributed by atoms with van der Waals surface area (Å²) in [5.41, 5.74) is 3.71. The minimum Gasteiger partial charge on any atom is -0.459 e. The van der Waals surface area contributed by atoms with Gasteiger partial charge >= 0.3 is 5.91 Å². The van der Waals surface area contributed by atoms with Crippen LogP contribution in [0.3, 0.4) is 0 Å². The number of amides is 1. The molecule has 1 amide bonds. The lowest BCUT2D eigenvalue weighted by Gasteiger charge is -2.03. The third-order valence-electron chi connectivity index (χ3n) is 2.58. The van der Waals surface area contributed by atoms with Crippen LogP contribution >= 0.6 is 11.8 Å². The summed E-state index contributed by atoms with van der Waals surface area (Å²) >= 11 is 1.58. The van der Waals surface area contributed by atoms with Crippen LogP contribution in [0.15, 0.2) is 45.9 Å². The molecule has 0 unspecified atom stereocenters. The van der Waals surface area contributed by atoms with Gasteiger partial charge < -0.3 is 9.52 Å². The lowest BCUT2D eigenvalue weighted by molar-refractivity contribution is 0.0925. The van der Waals surface area contributed by atoms with Crippen molar-refractivity contribution in [3.63, 3.8) is 0 Å². The zero-order chi connectivity index (χ0) is 13.7. The summed E-state index contributed by atoms with van der Waals surface area (Å²) in [5, 5.41) is 8.96. The number of aliphatic hydroxyl groups excluding tert-OH is 1. The molecule has 100 valence electrons. The average Bonchev–Trinajstić information content (AvgIpc) is 2.93. The lowest BCUT2D eigenvalue weighted by atomic mass is 10.2. The van der Waals surface area contributed by atoms with Gasteiger partial charge in [0.2, 0.25) is 0 Å². The van der Waals surface area contributed by atoms with E-state index in [1.807, 2.05) is 24.3 Å². The highest BCUT2D eigenvalue weighted by Gasteiger charge is 2.14. The van der Waals surface area contributed by atoms with Crippen LogP contribution < -0.4 is 11.3 Å². The van der Waals surface area contributed by atoms with Gasteiger partial charge in [-0.25, -0.2) is 5.84 Å². The van der Waals surface area contributed by atoms with Gasteiger partial charge in [0.15, 0.2) is 5.76 Å². The average molecular weight is 278 g/mol. The Kier molecular flexibility index (Phi) is 4.62. The maximum absolute atomic E-state index is 11.4. The zero-order valence-electron chi connectivity index (χ0n) is 10.1. The number of aliphatic hydroxyl groups is 1. The van der Waals surface area contributed by atoms with Crippen molar-refractivity contribution >= 4 is 17.7 Å². The van der Waals surface area contributed by atoms with Gasteiger partial charge in [-0.2, -0.15) is 0 Å². The number of hydrazine groups is 1. The predicted molar refractivity (Wildman–Crippen MR) is 72.3 cm³/mol. The summed E-state index contributed by atoms with van der Waals surface area (Å²) in [6, 6.07) is 9.34. The molecule has 5 nitrogen and oxygen atoms in total. The number of carbonyl (C=O) groups excluding carboxylic acids is 1. The Morgan fingerprint density at radius 1 is 1.32 bits per heavy atom. The van der Waals surface area contributed by atoms with Crippen molar-refractivity contribution < 1.29 is 14.3 Å². The molecule has 0 fully saturated rings. The number of thioether (sulfide) groups is 1. The van der Waals surface area contributed by atoms with E-state index in [4.69, 9.17) is 15.4 Å². The van der Waals surface area contributed by atoms with E-state index in [1.165, 1.54) is 6.26 Å². The van der Waals surface area contributed by atoms with Crippen molar-refractivity contribution in [3.8, 4) is 0 Å². The highest BCUT2D eigenvalue weighted by Crippen LogP contribution is 2.25. The van der Waals surface area contributed by atoms with E-state index in [-0.39, 0.29) is 12.4 Å². The molecule has 1 aromatic heterocycles. The fourth-order valence-electron chi connectivity index (χ4n) is 1.57. The second kappa shape index (κ2) is 6.42. The van der Waals surface area contributed by atoms with Crippen LogP contribution in [0.1, 0.15) is 21.7 Å². The molecule has 0 aliphatic rings. The molecule has 0 radical (unpaired) electrons. The SMILES string of the molecule is NNC(=O)c1occc1CSc1ccc(CO)cc1. The summed E-state index contributed by atoms with van der Waals surface area (Å²) in [7, 11) is 0. The molecular formula is C13H14N2O3S. The second-order valence-electron chi connectivity index (χ2n) is 3.84.